The smallest absolute Gasteiger partial charge is 0.335 e. The highest BCUT2D eigenvalue weighted by Crippen LogP contribution is 2.32. The van der Waals surface area contributed by atoms with E-state index in [0.29, 0.717) is 12.1 Å². The summed E-state index contributed by atoms with van der Waals surface area (Å²) in [6, 6.07) is 7.07. The van der Waals surface area contributed by atoms with Crippen molar-refractivity contribution in [2.45, 2.75) is 44.8 Å². The molecule has 0 aliphatic heterocycles. The van der Waals surface area contributed by atoms with Gasteiger partial charge in [0.15, 0.2) is 0 Å². The number of nitrogens with one attached hydrogen (secondary N) is 1. The Kier molecular flexibility index (Phi) is 5.15. The molecule has 1 aromatic carbocycles. The summed E-state index contributed by atoms with van der Waals surface area (Å²) in [5.41, 5.74) is 1.32. The Morgan fingerprint density at radius 2 is 2.15 bits per heavy atom. The van der Waals surface area contributed by atoms with Crippen LogP contribution < -0.4 is 5.32 Å². The number of hydrogen-bond donors (Lipinski definition) is 2. The zero-order valence-corrected chi connectivity index (χ0v) is 12.0. The van der Waals surface area contributed by atoms with Crippen molar-refractivity contribution in [3.63, 3.8) is 0 Å². The Balaban J connectivity index is 1.88. The van der Waals surface area contributed by atoms with E-state index in [1.165, 1.54) is 12.8 Å². The van der Waals surface area contributed by atoms with Gasteiger partial charge in [-0.2, -0.15) is 0 Å². The van der Waals surface area contributed by atoms with Gasteiger partial charge in [0.2, 0.25) is 0 Å². The maximum atomic E-state index is 10.9. The minimum absolute atomic E-state index is 0.0147. The highest BCUT2D eigenvalue weighted by Gasteiger charge is 2.33. The summed E-state index contributed by atoms with van der Waals surface area (Å²) in [7, 11) is 0. The number of benzene rings is 1. The molecule has 2 N–H and O–H groups in total. The Bertz CT molecular complexity index is 453. The molecule has 1 saturated carbocycles. The Morgan fingerprint density at radius 1 is 1.40 bits per heavy atom. The molecule has 0 unspecified atom stereocenters. The van der Waals surface area contributed by atoms with E-state index < -0.39 is 5.97 Å². The van der Waals surface area contributed by atoms with E-state index in [1.54, 1.807) is 18.2 Å². The summed E-state index contributed by atoms with van der Waals surface area (Å²) in [4.78, 5) is 10.9. The molecule has 1 aliphatic rings. The molecule has 0 radical (unpaired) electrons. The first-order chi connectivity index (χ1) is 9.65. The highest BCUT2D eigenvalue weighted by atomic mass is 16.5. The number of rotatable bonds is 7. The normalized spacial score (nSPS) is 17.2. The fourth-order valence-electron chi connectivity index (χ4n) is 2.95. The molecule has 1 aliphatic carbocycles. The number of ether oxygens (including phenoxy) is 1. The van der Waals surface area contributed by atoms with Crippen molar-refractivity contribution in [1.82, 2.24) is 5.32 Å². The van der Waals surface area contributed by atoms with Crippen molar-refractivity contribution in [1.29, 1.82) is 0 Å². The highest BCUT2D eigenvalue weighted by molar-refractivity contribution is 5.87. The summed E-state index contributed by atoms with van der Waals surface area (Å²) in [5, 5.41) is 12.4. The van der Waals surface area contributed by atoms with Gasteiger partial charge in [-0.25, -0.2) is 4.79 Å². The molecule has 2 rings (SSSR count). The van der Waals surface area contributed by atoms with E-state index in [4.69, 9.17) is 9.84 Å². The van der Waals surface area contributed by atoms with Gasteiger partial charge in [-0.3, -0.25) is 0 Å². The lowest BCUT2D eigenvalue weighted by molar-refractivity contribution is -0.0328. The van der Waals surface area contributed by atoms with Crippen LogP contribution in [0.2, 0.25) is 0 Å². The average molecular weight is 277 g/mol. The Labute approximate surface area is 120 Å². The molecule has 110 valence electrons. The predicted octanol–water partition coefficient (Wildman–Crippen LogP) is 2.82. The summed E-state index contributed by atoms with van der Waals surface area (Å²) in [5.74, 6) is -0.881. The van der Waals surface area contributed by atoms with Crippen LogP contribution in [0.1, 0.15) is 48.5 Å². The Hall–Kier alpha value is -1.39. The van der Waals surface area contributed by atoms with E-state index in [9.17, 15) is 4.79 Å². The maximum absolute atomic E-state index is 10.9. The van der Waals surface area contributed by atoms with Crippen LogP contribution in [0.4, 0.5) is 0 Å². The second-order valence-electron chi connectivity index (χ2n) is 5.43. The summed E-state index contributed by atoms with van der Waals surface area (Å²) < 4.78 is 5.93. The minimum atomic E-state index is -0.881. The molecule has 0 aromatic heterocycles. The SMILES string of the molecule is CCOC1(CNCc2cccc(C(=O)O)c2)CCCC1. The summed E-state index contributed by atoms with van der Waals surface area (Å²) in [6.07, 6.45) is 4.69. The fourth-order valence-corrected chi connectivity index (χ4v) is 2.95. The lowest BCUT2D eigenvalue weighted by Crippen LogP contribution is -2.40. The van der Waals surface area contributed by atoms with Crippen LogP contribution in [-0.4, -0.2) is 29.8 Å². The van der Waals surface area contributed by atoms with Crippen LogP contribution in [0.5, 0.6) is 0 Å². The van der Waals surface area contributed by atoms with Gasteiger partial charge in [0, 0.05) is 19.7 Å². The van der Waals surface area contributed by atoms with E-state index in [0.717, 1.165) is 31.6 Å². The topological polar surface area (TPSA) is 58.6 Å². The lowest BCUT2D eigenvalue weighted by Gasteiger charge is -2.29. The molecule has 1 aromatic rings. The van der Waals surface area contributed by atoms with Gasteiger partial charge in [-0.1, -0.05) is 25.0 Å². The monoisotopic (exact) mass is 277 g/mol. The van der Waals surface area contributed by atoms with Crippen LogP contribution in [0.3, 0.4) is 0 Å². The first kappa shape index (κ1) is 15.0. The lowest BCUT2D eigenvalue weighted by atomic mass is 10.0. The van der Waals surface area contributed by atoms with Gasteiger partial charge >= 0.3 is 5.97 Å². The first-order valence-corrected chi connectivity index (χ1v) is 7.32. The predicted molar refractivity (Wildman–Crippen MR) is 77.9 cm³/mol. The zero-order valence-electron chi connectivity index (χ0n) is 12.0. The van der Waals surface area contributed by atoms with E-state index in [2.05, 4.69) is 5.32 Å². The van der Waals surface area contributed by atoms with Gasteiger partial charge in [-0.15, -0.1) is 0 Å². The minimum Gasteiger partial charge on any atom is -0.478 e. The maximum Gasteiger partial charge on any atom is 0.335 e. The van der Waals surface area contributed by atoms with Crippen molar-refractivity contribution in [2.24, 2.45) is 0 Å². The standard InChI is InChI=1S/C16H23NO3/c1-2-20-16(8-3-4-9-16)12-17-11-13-6-5-7-14(10-13)15(18)19/h5-7,10,17H,2-4,8-9,11-12H2,1H3,(H,18,19). The van der Waals surface area contributed by atoms with E-state index in [1.807, 2.05) is 13.0 Å². The molecular formula is C16H23NO3. The van der Waals surface area contributed by atoms with Gasteiger partial charge in [-0.05, 0) is 37.5 Å². The van der Waals surface area contributed by atoms with Crippen LogP contribution in [0.15, 0.2) is 24.3 Å². The van der Waals surface area contributed by atoms with Crippen LogP contribution >= 0.6 is 0 Å². The largest absolute Gasteiger partial charge is 0.478 e. The number of carbonyl (C=O) groups is 1. The third-order valence-corrected chi connectivity index (χ3v) is 3.92. The third-order valence-electron chi connectivity index (χ3n) is 3.92. The van der Waals surface area contributed by atoms with Crippen LogP contribution in [-0.2, 0) is 11.3 Å². The molecule has 0 bridgehead atoms. The molecule has 0 heterocycles. The third kappa shape index (κ3) is 3.81. The summed E-state index contributed by atoms with van der Waals surface area (Å²) in [6.45, 7) is 4.29. The fraction of sp³-hybridized carbons (Fsp3) is 0.562. The molecular weight excluding hydrogens is 254 g/mol. The van der Waals surface area contributed by atoms with Crippen molar-refractivity contribution in [2.75, 3.05) is 13.2 Å². The quantitative estimate of drug-likeness (QED) is 0.804. The summed E-state index contributed by atoms with van der Waals surface area (Å²) >= 11 is 0. The molecule has 0 saturated heterocycles. The van der Waals surface area contributed by atoms with Crippen LogP contribution in [0, 0.1) is 0 Å². The number of carboxylic acids is 1. The molecule has 4 heteroatoms. The van der Waals surface area contributed by atoms with Gasteiger partial charge in [0.25, 0.3) is 0 Å². The Morgan fingerprint density at radius 3 is 2.80 bits per heavy atom. The van der Waals surface area contributed by atoms with Gasteiger partial charge in [0.05, 0.1) is 11.2 Å². The zero-order chi connectivity index (χ0) is 14.4. The molecule has 1 fully saturated rings. The second-order valence-corrected chi connectivity index (χ2v) is 5.43. The van der Waals surface area contributed by atoms with E-state index >= 15 is 0 Å². The van der Waals surface area contributed by atoms with Crippen LogP contribution in [0.25, 0.3) is 0 Å². The average Bonchev–Trinajstić information content (AvgIpc) is 2.88. The van der Waals surface area contributed by atoms with Crippen molar-refractivity contribution < 1.29 is 14.6 Å². The van der Waals surface area contributed by atoms with Gasteiger partial charge in [0.1, 0.15) is 0 Å². The molecule has 0 amide bonds. The van der Waals surface area contributed by atoms with Crippen molar-refractivity contribution in [3.8, 4) is 0 Å². The van der Waals surface area contributed by atoms with Gasteiger partial charge < -0.3 is 15.2 Å². The number of carboxylic acid groups (broad SMARTS) is 1. The number of hydrogen-bond acceptors (Lipinski definition) is 3. The second kappa shape index (κ2) is 6.86. The first-order valence-electron chi connectivity index (χ1n) is 7.32. The van der Waals surface area contributed by atoms with E-state index in [-0.39, 0.29) is 5.60 Å². The molecule has 0 spiro atoms. The molecule has 20 heavy (non-hydrogen) atoms. The van der Waals surface area contributed by atoms with Crippen molar-refractivity contribution >= 4 is 5.97 Å². The molecule has 4 nitrogen and oxygen atoms in total. The number of aromatic carboxylic acids is 1. The molecule has 0 atom stereocenters. The van der Waals surface area contributed by atoms with Crippen molar-refractivity contribution in [3.05, 3.63) is 35.4 Å².